The van der Waals surface area contributed by atoms with Gasteiger partial charge in [0.2, 0.25) is 0 Å². The lowest BCUT2D eigenvalue weighted by Gasteiger charge is -2.10. The Morgan fingerprint density at radius 3 is 2.83 bits per heavy atom. The van der Waals surface area contributed by atoms with Crippen molar-refractivity contribution < 1.29 is 14.8 Å². The quantitative estimate of drug-likeness (QED) is 0.363. The molecule has 0 fully saturated rings. The van der Waals surface area contributed by atoms with E-state index in [2.05, 4.69) is 15.9 Å². The minimum Gasteiger partial charge on any atom is -0.487 e. The van der Waals surface area contributed by atoms with E-state index < -0.39 is 11.0 Å². The highest BCUT2D eigenvalue weighted by Gasteiger charge is 2.18. The summed E-state index contributed by atoms with van der Waals surface area (Å²) in [7, 11) is 0. The summed E-state index contributed by atoms with van der Waals surface area (Å²) in [5.74, 6) is 0.249. The normalized spacial score (nSPS) is 12.2. The van der Waals surface area contributed by atoms with Crippen molar-refractivity contribution in [3.63, 3.8) is 0 Å². The van der Waals surface area contributed by atoms with Gasteiger partial charge in [-0.05, 0) is 18.1 Å². The molecule has 0 aliphatic rings. The Labute approximate surface area is 114 Å². The highest BCUT2D eigenvalue weighted by atomic mass is 79.9. The van der Waals surface area contributed by atoms with Crippen LogP contribution in [0.25, 0.3) is 0 Å². The summed E-state index contributed by atoms with van der Waals surface area (Å²) in [4.78, 5) is 10.5. The van der Waals surface area contributed by atoms with Crippen LogP contribution in [-0.2, 0) is 0 Å². The van der Waals surface area contributed by atoms with Crippen LogP contribution in [-0.4, -0.2) is 22.0 Å². The Morgan fingerprint density at radius 2 is 2.28 bits per heavy atom. The van der Waals surface area contributed by atoms with Gasteiger partial charge in [0.05, 0.1) is 17.6 Å². The molecule has 5 nitrogen and oxygen atoms in total. The van der Waals surface area contributed by atoms with E-state index in [-0.39, 0.29) is 11.4 Å². The predicted molar refractivity (Wildman–Crippen MR) is 72.3 cm³/mol. The van der Waals surface area contributed by atoms with Crippen molar-refractivity contribution in [3.05, 3.63) is 33.9 Å². The zero-order valence-electron chi connectivity index (χ0n) is 10.1. The van der Waals surface area contributed by atoms with E-state index in [0.29, 0.717) is 17.5 Å². The number of aliphatic hydroxyl groups is 1. The van der Waals surface area contributed by atoms with Crippen molar-refractivity contribution in [1.82, 2.24) is 0 Å². The van der Waals surface area contributed by atoms with Gasteiger partial charge < -0.3 is 9.84 Å². The number of nitro benzene ring substituents is 1. The van der Waals surface area contributed by atoms with Gasteiger partial charge in [0, 0.05) is 11.4 Å². The first-order valence-corrected chi connectivity index (χ1v) is 6.87. The maximum absolute atomic E-state index is 10.9. The number of unbranched alkanes of at least 4 members (excludes halogenated alkanes) is 1. The lowest BCUT2D eigenvalue weighted by Crippen LogP contribution is -2.03. The molecule has 1 rings (SSSR count). The highest BCUT2D eigenvalue weighted by molar-refractivity contribution is 9.09. The molecule has 0 spiro atoms. The van der Waals surface area contributed by atoms with Gasteiger partial charge in [0.25, 0.3) is 0 Å². The van der Waals surface area contributed by atoms with Gasteiger partial charge in [-0.15, -0.1) is 0 Å². The number of hydrogen-bond acceptors (Lipinski definition) is 4. The maximum atomic E-state index is 10.9. The Morgan fingerprint density at radius 1 is 1.56 bits per heavy atom. The van der Waals surface area contributed by atoms with Crippen LogP contribution in [0.1, 0.15) is 31.4 Å². The lowest BCUT2D eigenvalue weighted by atomic mass is 10.1. The lowest BCUT2D eigenvalue weighted by molar-refractivity contribution is -0.386. The third-order valence-corrected chi connectivity index (χ3v) is 3.08. The fraction of sp³-hybridized carbons (Fsp3) is 0.500. The minimum absolute atomic E-state index is 0.108. The number of alkyl halides is 1. The molecule has 0 saturated heterocycles. The Bertz CT molecular complexity index is 411. The molecule has 0 heterocycles. The Kier molecular flexibility index (Phi) is 6.07. The van der Waals surface area contributed by atoms with Crippen molar-refractivity contribution in [2.24, 2.45) is 0 Å². The fourth-order valence-electron chi connectivity index (χ4n) is 1.42. The van der Waals surface area contributed by atoms with E-state index in [1.807, 2.05) is 6.92 Å². The van der Waals surface area contributed by atoms with E-state index in [0.717, 1.165) is 12.8 Å². The second kappa shape index (κ2) is 7.33. The van der Waals surface area contributed by atoms with Crippen LogP contribution in [0.4, 0.5) is 5.69 Å². The van der Waals surface area contributed by atoms with Crippen molar-refractivity contribution in [2.45, 2.75) is 25.9 Å². The van der Waals surface area contributed by atoms with Crippen LogP contribution in [0.15, 0.2) is 18.2 Å². The van der Waals surface area contributed by atoms with Crippen molar-refractivity contribution in [1.29, 1.82) is 0 Å². The van der Waals surface area contributed by atoms with Crippen LogP contribution in [0, 0.1) is 10.1 Å². The zero-order valence-corrected chi connectivity index (χ0v) is 11.7. The molecule has 0 aliphatic carbocycles. The van der Waals surface area contributed by atoms with Crippen LogP contribution in [0.2, 0.25) is 0 Å². The molecule has 0 amide bonds. The number of nitro groups is 1. The van der Waals surface area contributed by atoms with Crippen LogP contribution >= 0.6 is 15.9 Å². The molecule has 1 aromatic carbocycles. The number of aliphatic hydroxyl groups excluding tert-OH is 1. The highest BCUT2D eigenvalue weighted by Crippen LogP contribution is 2.30. The van der Waals surface area contributed by atoms with Gasteiger partial charge in [-0.3, -0.25) is 10.1 Å². The zero-order chi connectivity index (χ0) is 13.5. The summed E-state index contributed by atoms with van der Waals surface area (Å²) in [6.07, 6.45) is 1.06. The first kappa shape index (κ1) is 14.9. The summed E-state index contributed by atoms with van der Waals surface area (Å²) in [5.41, 5.74) is 0.394. The monoisotopic (exact) mass is 317 g/mol. The third kappa shape index (κ3) is 3.96. The van der Waals surface area contributed by atoms with E-state index >= 15 is 0 Å². The first-order chi connectivity index (χ1) is 8.60. The molecule has 1 N–H and O–H groups in total. The Hall–Kier alpha value is -1.14. The van der Waals surface area contributed by atoms with E-state index in [4.69, 9.17) is 4.74 Å². The summed E-state index contributed by atoms with van der Waals surface area (Å²) in [5, 5.41) is 20.9. The van der Waals surface area contributed by atoms with Gasteiger partial charge in [0.15, 0.2) is 5.75 Å². The van der Waals surface area contributed by atoms with E-state index in [9.17, 15) is 15.2 Å². The van der Waals surface area contributed by atoms with Crippen molar-refractivity contribution in [3.8, 4) is 5.75 Å². The molecule has 18 heavy (non-hydrogen) atoms. The Balaban J connectivity index is 2.93. The number of rotatable bonds is 7. The van der Waals surface area contributed by atoms with Crippen molar-refractivity contribution in [2.75, 3.05) is 11.9 Å². The number of ether oxygens (including phenoxy) is 1. The molecule has 0 saturated carbocycles. The molecule has 0 aliphatic heterocycles. The minimum atomic E-state index is -0.756. The summed E-state index contributed by atoms with van der Waals surface area (Å²) in [6, 6.07) is 4.53. The molecular weight excluding hydrogens is 302 g/mol. The second-order valence-electron chi connectivity index (χ2n) is 3.86. The maximum Gasteiger partial charge on any atom is 0.311 e. The summed E-state index contributed by atoms with van der Waals surface area (Å²) < 4.78 is 5.37. The smallest absolute Gasteiger partial charge is 0.311 e. The molecule has 6 heteroatoms. The third-order valence-electron chi connectivity index (χ3n) is 2.47. The molecule has 1 atom stereocenters. The van der Waals surface area contributed by atoms with Crippen LogP contribution in [0.5, 0.6) is 5.75 Å². The molecular formula is C12H16BrNO4. The molecule has 0 bridgehead atoms. The van der Waals surface area contributed by atoms with Crippen molar-refractivity contribution >= 4 is 21.6 Å². The second-order valence-corrected chi connectivity index (χ2v) is 4.50. The number of halogens is 1. The predicted octanol–water partition coefficient (Wildman–Crippen LogP) is 3.20. The molecule has 0 unspecified atom stereocenters. The number of hydrogen-bond donors (Lipinski definition) is 1. The summed E-state index contributed by atoms with van der Waals surface area (Å²) in [6.45, 7) is 2.48. The summed E-state index contributed by atoms with van der Waals surface area (Å²) >= 11 is 3.13. The van der Waals surface area contributed by atoms with Gasteiger partial charge in [0.1, 0.15) is 0 Å². The fourth-order valence-corrected chi connectivity index (χ4v) is 1.80. The number of nitrogens with zero attached hydrogens (tertiary/aromatic N) is 1. The molecule has 100 valence electrons. The van der Waals surface area contributed by atoms with Crippen LogP contribution in [0.3, 0.4) is 0 Å². The van der Waals surface area contributed by atoms with Gasteiger partial charge in [-0.25, -0.2) is 0 Å². The SMILES string of the molecule is CCCCOc1ccc([C@@H](O)CBr)cc1[N+](=O)[O-]. The molecule has 0 radical (unpaired) electrons. The van der Waals surface area contributed by atoms with Crippen LogP contribution < -0.4 is 4.74 Å². The molecule has 0 aromatic heterocycles. The van der Waals surface area contributed by atoms with Gasteiger partial charge >= 0.3 is 5.69 Å². The first-order valence-electron chi connectivity index (χ1n) is 5.75. The number of benzene rings is 1. The largest absolute Gasteiger partial charge is 0.487 e. The van der Waals surface area contributed by atoms with Gasteiger partial charge in [-0.2, -0.15) is 0 Å². The standard InChI is InChI=1S/C12H16BrNO4/c1-2-3-6-18-12-5-4-9(11(15)8-13)7-10(12)14(16)17/h4-5,7,11,15H,2-3,6,8H2,1H3/t11-/m0/s1. The van der Waals surface area contributed by atoms with E-state index in [1.54, 1.807) is 6.07 Å². The van der Waals surface area contributed by atoms with Gasteiger partial charge in [-0.1, -0.05) is 35.3 Å². The average Bonchev–Trinajstić information content (AvgIpc) is 2.38. The topological polar surface area (TPSA) is 72.6 Å². The van der Waals surface area contributed by atoms with E-state index in [1.165, 1.54) is 12.1 Å². The molecule has 1 aromatic rings. The average molecular weight is 318 g/mol.